The normalized spacial score (nSPS) is 18.1. The molecule has 2 N–H and O–H groups in total. The summed E-state index contributed by atoms with van der Waals surface area (Å²) in [6.07, 6.45) is 0. The highest BCUT2D eigenvalue weighted by Crippen LogP contribution is 2.37. The Kier molecular flexibility index (Phi) is 5.69. The Morgan fingerprint density at radius 3 is 2.74 bits per heavy atom. The molecule has 0 unspecified atom stereocenters. The highest BCUT2D eigenvalue weighted by Gasteiger charge is 2.43. The number of esters is 1. The van der Waals surface area contributed by atoms with E-state index in [1.165, 1.54) is 4.90 Å². The summed E-state index contributed by atoms with van der Waals surface area (Å²) >= 11 is 6.29. The average molecular weight is 440 g/mol. The first kappa shape index (κ1) is 20.9. The van der Waals surface area contributed by atoms with E-state index in [1.54, 1.807) is 30.3 Å². The van der Waals surface area contributed by atoms with Gasteiger partial charge in [0.25, 0.3) is 0 Å². The number of hydrogen-bond acceptors (Lipinski definition) is 4. The molecule has 3 amide bonds. The van der Waals surface area contributed by atoms with Crippen LogP contribution in [-0.4, -0.2) is 36.0 Å². The van der Waals surface area contributed by atoms with Crippen molar-refractivity contribution in [2.45, 2.75) is 25.8 Å². The van der Waals surface area contributed by atoms with E-state index in [4.69, 9.17) is 16.3 Å². The zero-order chi connectivity index (χ0) is 22.1. The molecule has 2 heterocycles. The van der Waals surface area contributed by atoms with Crippen molar-refractivity contribution in [2.24, 2.45) is 0 Å². The van der Waals surface area contributed by atoms with Crippen LogP contribution in [0.1, 0.15) is 36.9 Å². The molecular weight excluding hydrogens is 418 g/mol. The Labute approximate surface area is 185 Å². The highest BCUT2D eigenvalue weighted by molar-refractivity contribution is 6.31. The van der Waals surface area contributed by atoms with Gasteiger partial charge in [-0.3, -0.25) is 9.69 Å². The summed E-state index contributed by atoms with van der Waals surface area (Å²) in [6.45, 7) is 3.82. The lowest BCUT2D eigenvalue weighted by molar-refractivity contribution is -0.136. The molecule has 2 aliphatic heterocycles. The molecule has 0 saturated heterocycles. The van der Waals surface area contributed by atoms with Crippen LogP contribution in [0.3, 0.4) is 0 Å². The summed E-state index contributed by atoms with van der Waals surface area (Å²) in [5.74, 6) is -0.589. The first-order chi connectivity index (χ1) is 14.8. The predicted octanol–water partition coefficient (Wildman–Crippen LogP) is 3.98. The van der Waals surface area contributed by atoms with Gasteiger partial charge in [-0.05, 0) is 35.2 Å². The van der Waals surface area contributed by atoms with Crippen LogP contribution in [-0.2, 0) is 14.3 Å². The number of amides is 3. The fourth-order valence-electron chi connectivity index (χ4n) is 3.74. The van der Waals surface area contributed by atoms with Crippen LogP contribution in [0.15, 0.2) is 59.8 Å². The van der Waals surface area contributed by atoms with Crippen LogP contribution in [0.2, 0.25) is 5.02 Å². The molecule has 0 fully saturated rings. The van der Waals surface area contributed by atoms with Crippen LogP contribution >= 0.6 is 11.6 Å². The van der Waals surface area contributed by atoms with Crippen molar-refractivity contribution in [3.63, 3.8) is 0 Å². The van der Waals surface area contributed by atoms with E-state index in [9.17, 15) is 14.4 Å². The van der Waals surface area contributed by atoms with Crippen LogP contribution < -0.4 is 10.6 Å². The minimum atomic E-state index is -0.728. The smallest absolute Gasteiger partial charge is 0.338 e. The molecule has 0 radical (unpaired) electrons. The number of carbonyl (C=O) groups is 3. The lowest BCUT2D eigenvalue weighted by Crippen LogP contribution is -2.49. The number of nitrogens with one attached hydrogen (secondary N) is 2. The zero-order valence-electron chi connectivity index (χ0n) is 17.1. The van der Waals surface area contributed by atoms with Crippen molar-refractivity contribution in [3.8, 4) is 0 Å². The van der Waals surface area contributed by atoms with Gasteiger partial charge in [-0.15, -0.1) is 0 Å². The summed E-state index contributed by atoms with van der Waals surface area (Å²) < 4.78 is 5.19. The molecule has 1 atom stereocenters. The molecular formula is C23H22ClN3O4. The molecule has 4 rings (SSSR count). The summed E-state index contributed by atoms with van der Waals surface area (Å²) in [5, 5.41) is 6.03. The molecule has 2 aromatic rings. The van der Waals surface area contributed by atoms with Crippen LogP contribution in [0.4, 0.5) is 10.5 Å². The van der Waals surface area contributed by atoms with Crippen molar-refractivity contribution in [1.29, 1.82) is 0 Å². The summed E-state index contributed by atoms with van der Waals surface area (Å²) in [5.41, 5.74) is 3.01. The second-order valence-corrected chi connectivity index (χ2v) is 8.16. The second kappa shape index (κ2) is 8.43. The first-order valence-electron chi connectivity index (χ1n) is 9.97. The molecule has 0 saturated carbocycles. The van der Waals surface area contributed by atoms with Gasteiger partial charge in [0.05, 0.1) is 17.3 Å². The third-order valence-corrected chi connectivity index (χ3v) is 5.70. The Morgan fingerprint density at radius 1 is 1.23 bits per heavy atom. The van der Waals surface area contributed by atoms with Gasteiger partial charge in [0.2, 0.25) is 5.91 Å². The first-order valence-corrected chi connectivity index (χ1v) is 10.4. The Balaban J connectivity index is 1.58. The Bertz CT molecular complexity index is 1100. The number of benzene rings is 2. The molecule has 0 bridgehead atoms. The number of rotatable bonds is 5. The molecule has 160 valence electrons. The third-order valence-electron chi connectivity index (χ3n) is 5.35. The fraction of sp³-hybridized carbons (Fsp3) is 0.261. The Morgan fingerprint density at radius 2 is 2.00 bits per heavy atom. The molecule has 0 spiro atoms. The number of halogens is 1. The maximum atomic E-state index is 12.9. The fourth-order valence-corrected chi connectivity index (χ4v) is 3.99. The minimum Gasteiger partial charge on any atom is -0.456 e. The Hall–Kier alpha value is -3.32. The standard InChI is InChI=1S/C23H22ClN3O4/c1-13(2)14-6-5-7-15(10-14)25-19(28)11-27-18-12-31-22(29)20(18)21(26-23(27)30)16-8-3-4-9-17(16)24/h3-10,13,21H,11-12H2,1-2H3,(H,25,28)(H,26,30)/t21-/m0/s1. The highest BCUT2D eigenvalue weighted by atomic mass is 35.5. The van der Waals surface area contributed by atoms with Gasteiger partial charge in [0, 0.05) is 10.7 Å². The van der Waals surface area contributed by atoms with E-state index in [0.717, 1.165) is 5.56 Å². The van der Waals surface area contributed by atoms with Gasteiger partial charge in [0.15, 0.2) is 0 Å². The number of carbonyl (C=O) groups excluding carboxylic acids is 3. The predicted molar refractivity (Wildman–Crippen MR) is 117 cm³/mol. The lowest BCUT2D eigenvalue weighted by atomic mass is 9.95. The molecule has 8 heteroatoms. The van der Waals surface area contributed by atoms with Crippen molar-refractivity contribution in [2.75, 3.05) is 18.5 Å². The van der Waals surface area contributed by atoms with E-state index in [-0.39, 0.29) is 19.1 Å². The SMILES string of the molecule is CC(C)c1cccc(NC(=O)CN2C(=O)N[C@@H](c3ccccc3Cl)C3=C2COC3=O)c1. The lowest BCUT2D eigenvalue weighted by Gasteiger charge is -2.32. The monoisotopic (exact) mass is 439 g/mol. The van der Waals surface area contributed by atoms with E-state index in [2.05, 4.69) is 24.5 Å². The minimum absolute atomic E-state index is 0.0708. The zero-order valence-corrected chi connectivity index (χ0v) is 17.9. The van der Waals surface area contributed by atoms with Crippen molar-refractivity contribution < 1.29 is 19.1 Å². The maximum Gasteiger partial charge on any atom is 0.338 e. The van der Waals surface area contributed by atoms with Gasteiger partial charge in [-0.25, -0.2) is 9.59 Å². The molecule has 2 aromatic carbocycles. The van der Waals surface area contributed by atoms with E-state index in [0.29, 0.717) is 33.5 Å². The van der Waals surface area contributed by atoms with Gasteiger partial charge in [0.1, 0.15) is 13.2 Å². The molecule has 2 aliphatic rings. The number of hydrogen-bond donors (Lipinski definition) is 2. The molecule has 31 heavy (non-hydrogen) atoms. The molecule has 0 aromatic heterocycles. The topological polar surface area (TPSA) is 87.7 Å². The van der Waals surface area contributed by atoms with Gasteiger partial charge < -0.3 is 15.4 Å². The number of anilines is 1. The molecule has 0 aliphatic carbocycles. The van der Waals surface area contributed by atoms with Gasteiger partial charge in [-0.1, -0.05) is 55.8 Å². The average Bonchev–Trinajstić information content (AvgIpc) is 3.12. The summed E-state index contributed by atoms with van der Waals surface area (Å²) in [4.78, 5) is 39.2. The third kappa shape index (κ3) is 4.14. The number of nitrogens with zero attached hydrogens (tertiary/aromatic N) is 1. The van der Waals surface area contributed by atoms with Crippen LogP contribution in [0, 0.1) is 0 Å². The second-order valence-electron chi connectivity index (χ2n) is 7.76. The molecule has 7 nitrogen and oxygen atoms in total. The van der Waals surface area contributed by atoms with E-state index in [1.807, 2.05) is 18.2 Å². The number of ether oxygens (including phenoxy) is 1. The van der Waals surface area contributed by atoms with Crippen molar-refractivity contribution >= 4 is 35.2 Å². The summed E-state index contributed by atoms with van der Waals surface area (Å²) in [7, 11) is 0. The summed E-state index contributed by atoms with van der Waals surface area (Å²) in [6, 6.07) is 13.3. The maximum absolute atomic E-state index is 12.9. The van der Waals surface area contributed by atoms with Crippen molar-refractivity contribution in [1.82, 2.24) is 10.2 Å². The number of cyclic esters (lactones) is 1. The van der Waals surface area contributed by atoms with Crippen LogP contribution in [0.5, 0.6) is 0 Å². The van der Waals surface area contributed by atoms with Crippen molar-refractivity contribution in [3.05, 3.63) is 76.0 Å². The van der Waals surface area contributed by atoms with E-state index < -0.39 is 18.0 Å². The van der Waals surface area contributed by atoms with Crippen LogP contribution in [0.25, 0.3) is 0 Å². The number of urea groups is 1. The largest absolute Gasteiger partial charge is 0.456 e. The van der Waals surface area contributed by atoms with Gasteiger partial charge in [-0.2, -0.15) is 0 Å². The quantitative estimate of drug-likeness (QED) is 0.690. The van der Waals surface area contributed by atoms with Gasteiger partial charge >= 0.3 is 12.0 Å². The van der Waals surface area contributed by atoms with E-state index >= 15 is 0 Å².